The summed E-state index contributed by atoms with van der Waals surface area (Å²) in [7, 11) is 0. The molecule has 3 heteroatoms. The molecule has 0 heterocycles. The third-order valence-corrected chi connectivity index (χ3v) is 2.32. The Kier molecular flexibility index (Phi) is 2.94. The summed E-state index contributed by atoms with van der Waals surface area (Å²) in [6.45, 7) is 2.89. The van der Waals surface area contributed by atoms with E-state index in [-0.39, 0.29) is 0 Å². The van der Waals surface area contributed by atoms with Crippen molar-refractivity contribution in [3.05, 3.63) is 34.9 Å². The van der Waals surface area contributed by atoms with Gasteiger partial charge in [0.05, 0.1) is 6.04 Å². The van der Waals surface area contributed by atoms with E-state index in [1.165, 1.54) is 13.8 Å². The van der Waals surface area contributed by atoms with Crippen LogP contribution in [0.15, 0.2) is 24.3 Å². The fraction of sp³-hybridized carbons (Fsp3) is 0.400. The number of halogens is 2. The zero-order valence-corrected chi connectivity index (χ0v) is 8.48. The Balaban J connectivity index is 3.02. The first-order chi connectivity index (χ1) is 5.93. The Bertz CT molecular complexity index is 293. The summed E-state index contributed by atoms with van der Waals surface area (Å²) in [5.74, 6) is 0. The number of hydrogen-bond donors (Lipinski definition) is 1. The minimum atomic E-state index is -1.45. The molecule has 1 aromatic rings. The standard InChI is InChI=1S/C10H13ClFN/c1-10(2,12)9(13)7-5-3-4-6-8(7)11/h3-6,9H,13H2,1-2H3. The summed E-state index contributed by atoms with van der Waals surface area (Å²) >= 11 is 5.88. The maximum atomic E-state index is 13.5. The molecule has 1 unspecified atom stereocenters. The zero-order chi connectivity index (χ0) is 10.1. The molecule has 0 fully saturated rings. The van der Waals surface area contributed by atoms with Crippen molar-refractivity contribution in [1.82, 2.24) is 0 Å². The monoisotopic (exact) mass is 201 g/mol. The second-order valence-corrected chi connectivity index (χ2v) is 3.97. The van der Waals surface area contributed by atoms with Gasteiger partial charge in [0.1, 0.15) is 5.67 Å². The van der Waals surface area contributed by atoms with E-state index in [0.717, 1.165) is 0 Å². The second-order valence-electron chi connectivity index (χ2n) is 3.56. The predicted octanol–water partition coefficient (Wildman–Crippen LogP) is 3.09. The van der Waals surface area contributed by atoms with Crippen LogP contribution in [0.25, 0.3) is 0 Å². The van der Waals surface area contributed by atoms with Gasteiger partial charge in [-0.15, -0.1) is 0 Å². The molecule has 1 rings (SSSR count). The first-order valence-corrected chi connectivity index (χ1v) is 4.49. The van der Waals surface area contributed by atoms with Gasteiger partial charge >= 0.3 is 0 Å². The quantitative estimate of drug-likeness (QED) is 0.782. The van der Waals surface area contributed by atoms with Crippen molar-refractivity contribution >= 4 is 11.6 Å². The topological polar surface area (TPSA) is 26.0 Å². The van der Waals surface area contributed by atoms with E-state index in [0.29, 0.717) is 10.6 Å². The summed E-state index contributed by atoms with van der Waals surface area (Å²) in [5.41, 5.74) is 4.91. The van der Waals surface area contributed by atoms with E-state index in [1.54, 1.807) is 24.3 Å². The third kappa shape index (κ3) is 2.42. The van der Waals surface area contributed by atoms with Crippen LogP contribution >= 0.6 is 11.6 Å². The Hall–Kier alpha value is -0.600. The van der Waals surface area contributed by atoms with E-state index in [2.05, 4.69) is 0 Å². The largest absolute Gasteiger partial charge is 0.321 e. The van der Waals surface area contributed by atoms with Gasteiger partial charge in [0, 0.05) is 5.02 Å². The van der Waals surface area contributed by atoms with E-state index in [9.17, 15) is 4.39 Å². The first kappa shape index (κ1) is 10.5. The van der Waals surface area contributed by atoms with Gasteiger partial charge in [-0.3, -0.25) is 0 Å². The molecule has 1 nitrogen and oxygen atoms in total. The van der Waals surface area contributed by atoms with E-state index in [4.69, 9.17) is 17.3 Å². The SMILES string of the molecule is CC(C)(F)C(N)c1ccccc1Cl. The van der Waals surface area contributed by atoms with Crippen molar-refractivity contribution in [2.45, 2.75) is 25.6 Å². The maximum Gasteiger partial charge on any atom is 0.124 e. The van der Waals surface area contributed by atoms with Gasteiger partial charge in [-0.25, -0.2) is 4.39 Å². The molecule has 0 aromatic heterocycles. The average Bonchev–Trinajstić information content (AvgIpc) is 2.02. The number of alkyl halides is 1. The lowest BCUT2D eigenvalue weighted by Crippen LogP contribution is -2.31. The molecule has 13 heavy (non-hydrogen) atoms. The van der Waals surface area contributed by atoms with Crippen LogP contribution in [0.2, 0.25) is 5.02 Å². The molecule has 0 spiro atoms. The molecule has 0 saturated carbocycles. The van der Waals surface area contributed by atoms with Crippen molar-refractivity contribution in [2.24, 2.45) is 5.73 Å². The average molecular weight is 202 g/mol. The van der Waals surface area contributed by atoms with Gasteiger partial charge in [-0.2, -0.15) is 0 Å². The lowest BCUT2D eigenvalue weighted by molar-refractivity contribution is 0.174. The van der Waals surface area contributed by atoms with E-state index in [1.807, 2.05) is 0 Å². The number of nitrogens with two attached hydrogens (primary N) is 1. The maximum absolute atomic E-state index is 13.5. The lowest BCUT2D eigenvalue weighted by Gasteiger charge is -2.24. The van der Waals surface area contributed by atoms with Crippen LogP contribution in [0.1, 0.15) is 25.5 Å². The summed E-state index contributed by atoms with van der Waals surface area (Å²) < 4.78 is 13.5. The molecular formula is C10H13ClFN. The van der Waals surface area contributed by atoms with Crippen LogP contribution in [0.5, 0.6) is 0 Å². The molecule has 1 aromatic carbocycles. The molecule has 0 bridgehead atoms. The van der Waals surface area contributed by atoms with Gasteiger partial charge in [-0.1, -0.05) is 29.8 Å². The molecule has 0 radical (unpaired) electrons. The molecule has 0 aliphatic heterocycles. The third-order valence-electron chi connectivity index (χ3n) is 1.98. The Morgan fingerprint density at radius 2 is 1.92 bits per heavy atom. The van der Waals surface area contributed by atoms with Crippen LogP contribution < -0.4 is 5.73 Å². The smallest absolute Gasteiger partial charge is 0.124 e. The molecule has 0 saturated heterocycles. The van der Waals surface area contributed by atoms with Crippen LogP contribution in [-0.4, -0.2) is 5.67 Å². The molecule has 2 N–H and O–H groups in total. The lowest BCUT2D eigenvalue weighted by atomic mass is 9.94. The van der Waals surface area contributed by atoms with Crippen molar-refractivity contribution in [3.8, 4) is 0 Å². The Labute approximate surface area is 82.7 Å². The fourth-order valence-corrected chi connectivity index (χ4v) is 1.35. The molecule has 0 aliphatic carbocycles. The zero-order valence-electron chi connectivity index (χ0n) is 7.72. The van der Waals surface area contributed by atoms with Gasteiger partial charge in [0.25, 0.3) is 0 Å². The highest BCUT2D eigenvalue weighted by Crippen LogP contribution is 2.30. The molecule has 72 valence electrons. The first-order valence-electron chi connectivity index (χ1n) is 4.12. The van der Waals surface area contributed by atoms with Crippen LogP contribution in [-0.2, 0) is 0 Å². The van der Waals surface area contributed by atoms with Crippen LogP contribution in [0.4, 0.5) is 4.39 Å². The fourth-order valence-electron chi connectivity index (χ4n) is 1.10. The van der Waals surface area contributed by atoms with Crippen molar-refractivity contribution in [2.75, 3.05) is 0 Å². The number of benzene rings is 1. The predicted molar refractivity (Wildman–Crippen MR) is 53.6 cm³/mol. The summed E-state index contributed by atoms with van der Waals surface area (Å²) in [6, 6.07) is 6.37. The highest BCUT2D eigenvalue weighted by molar-refractivity contribution is 6.31. The van der Waals surface area contributed by atoms with Crippen molar-refractivity contribution in [1.29, 1.82) is 0 Å². The highest BCUT2D eigenvalue weighted by Gasteiger charge is 2.28. The Morgan fingerprint density at radius 3 is 2.38 bits per heavy atom. The minimum absolute atomic E-state index is 0.515. The Morgan fingerprint density at radius 1 is 1.38 bits per heavy atom. The van der Waals surface area contributed by atoms with Crippen molar-refractivity contribution < 1.29 is 4.39 Å². The normalized spacial score (nSPS) is 14.2. The van der Waals surface area contributed by atoms with E-state index < -0.39 is 11.7 Å². The molecule has 1 atom stereocenters. The number of rotatable bonds is 2. The molecular weight excluding hydrogens is 189 g/mol. The summed E-state index contributed by atoms with van der Waals surface area (Å²) in [5, 5.41) is 0.515. The van der Waals surface area contributed by atoms with Gasteiger partial charge in [0.2, 0.25) is 0 Å². The van der Waals surface area contributed by atoms with Crippen LogP contribution in [0, 0.1) is 0 Å². The van der Waals surface area contributed by atoms with Gasteiger partial charge in [0.15, 0.2) is 0 Å². The van der Waals surface area contributed by atoms with Gasteiger partial charge in [-0.05, 0) is 25.5 Å². The van der Waals surface area contributed by atoms with Crippen LogP contribution in [0.3, 0.4) is 0 Å². The molecule has 0 aliphatic rings. The number of hydrogen-bond acceptors (Lipinski definition) is 1. The van der Waals surface area contributed by atoms with Gasteiger partial charge < -0.3 is 5.73 Å². The summed E-state index contributed by atoms with van der Waals surface area (Å²) in [6.07, 6.45) is 0. The van der Waals surface area contributed by atoms with E-state index >= 15 is 0 Å². The highest BCUT2D eigenvalue weighted by atomic mass is 35.5. The van der Waals surface area contributed by atoms with Crippen molar-refractivity contribution in [3.63, 3.8) is 0 Å². The molecule has 0 amide bonds. The second kappa shape index (κ2) is 3.64. The minimum Gasteiger partial charge on any atom is -0.321 e. The summed E-state index contributed by atoms with van der Waals surface area (Å²) in [4.78, 5) is 0.